The lowest BCUT2D eigenvalue weighted by atomic mass is 10.0. The highest BCUT2D eigenvalue weighted by Gasteiger charge is 2.25. The summed E-state index contributed by atoms with van der Waals surface area (Å²) in [6, 6.07) is 11.1. The van der Waals surface area contributed by atoms with E-state index in [0.29, 0.717) is 17.8 Å². The summed E-state index contributed by atoms with van der Waals surface area (Å²) >= 11 is 3.38. The Labute approximate surface area is 201 Å². The minimum atomic E-state index is -0.278. The highest BCUT2D eigenvalue weighted by Crippen LogP contribution is 2.31. The van der Waals surface area contributed by atoms with Crippen LogP contribution in [0.25, 0.3) is 0 Å². The highest BCUT2D eigenvalue weighted by atomic mass is 32.2. The summed E-state index contributed by atoms with van der Waals surface area (Å²) in [6.07, 6.45) is 8.70. The van der Waals surface area contributed by atoms with Crippen molar-refractivity contribution in [2.75, 3.05) is 23.7 Å². The maximum absolute atomic E-state index is 13.0. The minimum absolute atomic E-state index is 0.00467. The van der Waals surface area contributed by atoms with Gasteiger partial charge in [-0.25, -0.2) is 4.98 Å². The molecule has 1 aromatic carbocycles. The lowest BCUT2D eigenvalue weighted by molar-refractivity contribution is -0.111. The Balaban J connectivity index is 1.30. The normalized spacial score (nSPS) is 15.6. The van der Waals surface area contributed by atoms with E-state index in [1.165, 1.54) is 11.6 Å². The van der Waals surface area contributed by atoms with Gasteiger partial charge in [0.05, 0.1) is 10.4 Å². The molecular weight excluding hydrogens is 454 g/mol. The lowest BCUT2D eigenvalue weighted by Gasteiger charge is -2.33. The summed E-state index contributed by atoms with van der Waals surface area (Å²) in [5.74, 6) is 0.576. The molecule has 0 spiro atoms. The van der Waals surface area contributed by atoms with Gasteiger partial charge >= 0.3 is 0 Å². The second-order valence-electron chi connectivity index (χ2n) is 7.64. The van der Waals surface area contributed by atoms with Crippen molar-refractivity contribution >= 4 is 45.7 Å². The molecule has 1 atom stereocenters. The second kappa shape index (κ2) is 11.1. The highest BCUT2D eigenvalue weighted by molar-refractivity contribution is 8.00. The van der Waals surface area contributed by atoms with Crippen LogP contribution in [0, 0.1) is 0 Å². The number of anilines is 2. The molecule has 1 aliphatic heterocycles. The van der Waals surface area contributed by atoms with E-state index in [4.69, 9.17) is 0 Å². The number of amides is 2. The van der Waals surface area contributed by atoms with Crippen LogP contribution in [0.5, 0.6) is 0 Å². The fourth-order valence-corrected chi connectivity index (χ4v) is 5.44. The maximum Gasteiger partial charge on any atom is 0.253 e. The van der Waals surface area contributed by atoms with Gasteiger partial charge < -0.3 is 15.5 Å². The molecule has 1 fully saturated rings. The van der Waals surface area contributed by atoms with Crippen molar-refractivity contribution in [2.45, 2.75) is 28.8 Å². The number of thiazole rings is 1. The fraction of sp³-hybridized carbons (Fsp3) is 0.250. The van der Waals surface area contributed by atoms with Crippen molar-refractivity contribution in [3.63, 3.8) is 0 Å². The molecule has 0 saturated carbocycles. The van der Waals surface area contributed by atoms with E-state index in [1.807, 2.05) is 23.4 Å². The van der Waals surface area contributed by atoms with Crippen LogP contribution in [0.4, 0.5) is 10.8 Å². The summed E-state index contributed by atoms with van der Waals surface area (Å²) in [5, 5.41) is 7.07. The Hall–Kier alpha value is -3.17. The molecular formula is C24H25N5O2S2. The van der Waals surface area contributed by atoms with Crippen molar-refractivity contribution in [2.24, 2.45) is 0 Å². The van der Waals surface area contributed by atoms with E-state index >= 15 is 0 Å². The molecule has 0 unspecified atom stereocenters. The first-order valence-corrected chi connectivity index (χ1v) is 12.5. The van der Waals surface area contributed by atoms with Crippen LogP contribution >= 0.6 is 23.1 Å². The van der Waals surface area contributed by atoms with E-state index in [2.05, 4.69) is 33.2 Å². The summed E-state index contributed by atoms with van der Waals surface area (Å²) in [4.78, 5) is 34.9. The Morgan fingerprint density at radius 3 is 2.85 bits per heavy atom. The SMILES string of the molecule is C=CC(=O)Nc1ccc(C(=O)N2CCC[C@@H](Nc3ncc(SCc4cccnc4)s3)C2)cc1. The van der Waals surface area contributed by atoms with Gasteiger partial charge in [0.2, 0.25) is 5.91 Å². The zero-order chi connectivity index (χ0) is 23.0. The number of hydrogen-bond donors (Lipinski definition) is 2. The molecule has 1 saturated heterocycles. The smallest absolute Gasteiger partial charge is 0.253 e. The molecule has 0 aliphatic carbocycles. The van der Waals surface area contributed by atoms with Crippen molar-refractivity contribution in [1.82, 2.24) is 14.9 Å². The zero-order valence-electron chi connectivity index (χ0n) is 18.1. The van der Waals surface area contributed by atoms with Gasteiger partial charge in [0.15, 0.2) is 5.13 Å². The number of piperidine rings is 1. The maximum atomic E-state index is 13.0. The van der Waals surface area contributed by atoms with Gasteiger partial charge in [-0.05, 0) is 54.8 Å². The summed E-state index contributed by atoms with van der Waals surface area (Å²) in [7, 11) is 0. The van der Waals surface area contributed by atoms with Crippen molar-refractivity contribution < 1.29 is 9.59 Å². The van der Waals surface area contributed by atoms with Crippen LogP contribution in [0.1, 0.15) is 28.8 Å². The average molecular weight is 480 g/mol. The van der Waals surface area contributed by atoms with E-state index in [1.54, 1.807) is 53.6 Å². The number of benzene rings is 1. The minimum Gasteiger partial charge on any atom is -0.357 e. The van der Waals surface area contributed by atoms with E-state index in [0.717, 1.165) is 34.5 Å². The number of rotatable bonds is 8. The first-order valence-electron chi connectivity index (χ1n) is 10.7. The summed E-state index contributed by atoms with van der Waals surface area (Å²) < 4.78 is 1.15. The van der Waals surface area contributed by atoms with E-state index < -0.39 is 0 Å². The number of aromatic nitrogens is 2. The van der Waals surface area contributed by atoms with Gasteiger partial charge in [0, 0.05) is 48.5 Å². The molecule has 0 bridgehead atoms. The van der Waals surface area contributed by atoms with Crippen LogP contribution in [0.3, 0.4) is 0 Å². The molecule has 3 aromatic rings. The summed E-state index contributed by atoms with van der Waals surface area (Å²) in [6.45, 7) is 4.80. The van der Waals surface area contributed by atoms with Gasteiger partial charge in [-0.2, -0.15) is 0 Å². The molecule has 0 radical (unpaired) electrons. The molecule has 3 heterocycles. The molecule has 1 aliphatic rings. The van der Waals surface area contributed by atoms with Crippen LogP contribution in [-0.2, 0) is 10.5 Å². The molecule has 7 nitrogen and oxygen atoms in total. The number of likely N-dealkylation sites (tertiary alicyclic amines) is 1. The molecule has 9 heteroatoms. The quantitative estimate of drug-likeness (QED) is 0.361. The Bertz CT molecular complexity index is 1100. The summed E-state index contributed by atoms with van der Waals surface area (Å²) in [5.41, 5.74) is 2.43. The monoisotopic (exact) mass is 479 g/mol. The van der Waals surface area contributed by atoms with Crippen LogP contribution in [0.2, 0.25) is 0 Å². The molecule has 170 valence electrons. The Morgan fingerprint density at radius 2 is 2.09 bits per heavy atom. The number of carbonyl (C=O) groups is 2. The van der Waals surface area contributed by atoms with Crippen molar-refractivity contribution in [3.8, 4) is 0 Å². The zero-order valence-corrected chi connectivity index (χ0v) is 19.7. The predicted octanol–water partition coefficient (Wildman–Crippen LogP) is 4.67. The van der Waals surface area contributed by atoms with Crippen molar-refractivity contribution in [1.29, 1.82) is 0 Å². The van der Waals surface area contributed by atoms with Gasteiger partial charge in [0.1, 0.15) is 0 Å². The second-order valence-corrected chi connectivity index (χ2v) is 9.95. The number of hydrogen-bond acceptors (Lipinski definition) is 7. The molecule has 2 amide bonds. The van der Waals surface area contributed by atoms with Gasteiger partial charge in [-0.3, -0.25) is 14.6 Å². The van der Waals surface area contributed by atoms with Gasteiger partial charge in [-0.15, -0.1) is 11.8 Å². The predicted molar refractivity (Wildman–Crippen MR) is 134 cm³/mol. The lowest BCUT2D eigenvalue weighted by Crippen LogP contribution is -2.45. The Kier molecular flexibility index (Phi) is 7.74. The molecule has 33 heavy (non-hydrogen) atoms. The number of pyridine rings is 1. The third kappa shape index (κ3) is 6.43. The van der Waals surface area contributed by atoms with Crippen LogP contribution < -0.4 is 10.6 Å². The number of carbonyl (C=O) groups excluding carboxylic acids is 2. The first kappa shape index (κ1) is 23.0. The molecule has 2 N–H and O–H groups in total. The third-order valence-electron chi connectivity index (χ3n) is 5.21. The van der Waals surface area contributed by atoms with Gasteiger partial charge in [0.25, 0.3) is 5.91 Å². The number of nitrogens with zero attached hydrogens (tertiary/aromatic N) is 3. The average Bonchev–Trinajstić information content (AvgIpc) is 3.30. The topological polar surface area (TPSA) is 87.2 Å². The van der Waals surface area contributed by atoms with Gasteiger partial charge in [-0.1, -0.05) is 24.0 Å². The van der Waals surface area contributed by atoms with E-state index in [-0.39, 0.29) is 17.9 Å². The molecule has 4 rings (SSSR count). The number of nitrogens with one attached hydrogen (secondary N) is 2. The van der Waals surface area contributed by atoms with Crippen LogP contribution in [0.15, 0.2) is 71.9 Å². The fourth-order valence-electron chi connectivity index (χ4n) is 3.56. The Morgan fingerprint density at radius 1 is 1.24 bits per heavy atom. The van der Waals surface area contributed by atoms with E-state index in [9.17, 15) is 9.59 Å². The standard InChI is InChI=1S/C24H25N5O2S2/c1-2-21(30)27-19-9-7-18(8-10-19)23(31)29-12-4-6-20(15-29)28-24-26-14-22(33-24)32-16-17-5-3-11-25-13-17/h2-3,5,7-11,13-14,20H,1,4,6,12,15-16H2,(H,26,28)(H,27,30)/t20-/m1/s1. The first-order chi connectivity index (χ1) is 16.1. The van der Waals surface area contributed by atoms with Crippen LogP contribution in [-0.4, -0.2) is 45.8 Å². The van der Waals surface area contributed by atoms with Crippen molar-refractivity contribution in [3.05, 3.63) is 78.8 Å². The third-order valence-corrected chi connectivity index (χ3v) is 7.40. The molecule has 2 aromatic heterocycles. The number of thioether (sulfide) groups is 1. The largest absolute Gasteiger partial charge is 0.357 e.